The zero-order chi connectivity index (χ0) is 15.6. The van der Waals surface area contributed by atoms with Gasteiger partial charge in [0.05, 0.1) is 21.2 Å². The Morgan fingerprint density at radius 3 is 2.67 bits per heavy atom. The summed E-state index contributed by atoms with van der Waals surface area (Å²) in [6, 6.07) is 4.67. The molecule has 110 valence electrons. The van der Waals surface area contributed by atoms with Gasteiger partial charge in [0.15, 0.2) is 9.84 Å². The highest BCUT2D eigenvalue weighted by Gasteiger charge is 2.22. The summed E-state index contributed by atoms with van der Waals surface area (Å²) >= 11 is 5.51. The van der Waals surface area contributed by atoms with Gasteiger partial charge < -0.3 is 5.11 Å². The summed E-state index contributed by atoms with van der Waals surface area (Å²) in [5, 5.41) is 8.29. The highest BCUT2D eigenvalue weighted by Crippen LogP contribution is 2.26. The monoisotopic (exact) mass is 329 g/mol. The second-order valence-electron chi connectivity index (χ2n) is 4.19. The van der Waals surface area contributed by atoms with E-state index < -0.39 is 42.9 Å². The largest absolute Gasteiger partial charge is 0.478 e. The average molecular weight is 330 g/mol. The van der Waals surface area contributed by atoms with Gasteiger partial charge in [-0.3, -0.25) is 4.98 Å². The van der Waals surface area contributed by atoms with Crippen LogP contribution in [0, 0.1) is 5.82 Å². The molecule has 0 aliphatic rings. The normalized spacial score (nSPS) is 11.3. The van der Waals surface area contributed by atoms with Crippen molar-refractivity contribution in [1.82, 2.24) is 4.98 Å². The first-order valence-electron chi connectivity index (χ1n) is 5.65. The molecule has 0 saturated carbocycles. The lowest BCUT2D eigenvalue weighted by Gasteiger charge is -2.07. The number of sulfone groups is 1. The molecule has 2 rings (SSSR count). The van der Waals surface area contributed by atoms with Gasteiger partial charge in [-0.05, 0) is 23.8 Å². The topological polar surface area (TPSA) is 84.3 Å². The van der Waals surface area contributed by atoms with Crippen molar-refractivity contribution in [2.45, 2.75) is 10.6 Å². The van der Waals surface area contributed by atoms with Crippen LogP contribution in [0.3, 0.4) is 0 Å². The Kier molecular flexibility index (Phi) is 4.24. The maximum atomic E-state index is 13.6. The summed E-state index contributed by atoms with van der Waals surface area (Å²) in [7, 11) is -3.91. The molecule has 1 heterocycles. The fraction of sp³-hybridized carbons (Fsp3) is 0.0769. The zero-order valence-corrected chi connectivity index (χ0v) is 12.0. The molecule has 0 spiro atoms. The lowest BCUT2D eigenvalue weighted by atomic mass is 10.2. The number of rotatable bonds is 4. The highest BCUT2D eigenvalue weighted by atomic mass is 35.5. The van der Waals surface area contributed by atoms with E-state index in [-0.39, 0.29) is 0 Å². The third-order valence-corrected chi connectivity index (χ3v) is 4.72. The Hall–Kier alpha value is -1.99. The molecular formula is C13H9ClFNO4S. The van der Waals surface area contributed by atoms with Crippen molar-refractivity contribution in [3.05, 3.63) is 58.6 Å². The van der Waals surface area contributed by atoms with Gasteiger partial charge in [-0.15, -0.1) is 0 Å². The predicted molar refractivity (Wildman–Crippen MR) is 73.5 cm³/mol. The minimum Gasteiger partial charge on any atom is -0.478 e. The van der Waals surface area contributed by atoms with Crippen LogP contribution in [0.1, 0.15) is 15.9 Å². The molecule has 0 saturated heterocycles. The lowest BCUT2D eigenvalue weighted by Crippen LogP contribution is -2.09. The van der Waals surface area contributed by atoms with Crippen molar-refractivity contribution >= 4 is 27.4 Å². The first kappa shape index (κ1) is 15.4. The van der Waals surface area contributed by atoms with Crippen LogP contribution in [0.4, 0.5) is 4.39 Å². The van der Waals surface area contributed by atoms with Gasteiger partial charge in [-0.25, -0.2) is 17.6 Å². The highest BCUT2D eigenvalue weighted by molar-refractivity contribution is 7.90. The number of hydrogen-bond acceptors (Lipinski definition) is 4. The van der Waals surface area contributed by atoms with Crippen molar-refractivity contribution in [1.29, 1.82) is 0 Å². The molecule has 8 heteroatoms. The van der Waals surface area contributed by atoms with E-state index >= 15 is 0 Å². The fourth-order valence-corrected chi connectivity index (χ4v) is 3.23. The first-order chi connectivity index (χ1) is 9.81. The molecule has 2 aromatic rings. The summed E-state index contributed by atoms with van der Waals surface area (Å²) < 4.78 is 38.0. The maximum absolute atomic E-state index is 13.6. The third kappa shape index (κ3) is 3.37. The lowest BCUT2D eigenvalue weighted by molar-refractivity contribution is 0.0696. The van der Waals surface area contributed by atoms with Crippen LogP contribution in [-0.4, -0.2) is 24.5 Å². The van der Waals surface area contributed by atoms with Crippen LogP contribution in [0.25, 0.3) is 0 Å². The molecule has 0 atom stereocenters. The van der Waals surface area contributed by atoms with Gasteiger partial charge in [-0.2, -0.15) is 0 Å². The zero-order valence-electron chi connectivity index (χ0n) is 10.5. The molecule has 1 aromatic carbocycles. The molecule has 5 nitrogen and oxygen atoms in total. The van der Waals surface area contributed by atoms with Crippen molar-refractivity contribution in [3.63, 3.8) is 0 Å². The van der Waals surface area contributed by atoms with E-state index in [4.69, 9.17) is 16.7 Å². The van der Waals surface area contributed by atoms with Crippen molar-refractivity contribution in [2.24, 2.45) is 0 Å². The minimum absolute atomic E-state index is 0.407. The van der Waals surface area contributed by atoms with E-state index in [1.165, 1.54) is 12.4 Å². The number of aromatic nitrogens is 1. The first-order valence-corrected chi connectivity index (χ1v) is 7.68. The maximum Gasteiger partial charge on any atom is 0.337 e. The molecule has 0 radical (unpaired) electrons. The molecule has 1 N–H and O–H groups in total. The number of hydrogen-bond donors (Lipinski definition) is 1. The van der Waals surface area contributed by atoms with E-state index in [1.807, 2.05) is 0 Å². The Bertz CT molecular complexity index is 793. The Balaban J connectivity index is 2.48. The van der Waals surface area contributed by atoms with Crippen LogP contribution in [0.2, 0.25) is 5.02 Å². The van der Waals surface area contributed by atoms with Crippen molar-refractivity contribution in [3.8, 4) is 0 Å². The second kappa shape index (κ2) is 5.79. The number of carboxylic acid groups (broad SMARTS) is 1. The van der Waals surface area contributed by atoms with Gasteiger partial charge in [0.2, 0.25) is 0 Å². The standard InChI is InChI=1S/C13H9ClFNO4S/c14-12-10(13(17)18)4-9(5-11(12)15)21(19,20)7-8-2-1-3-16-6-8/h1-6H,7H2,(H,17,18). The molecular weight excluding hydrogens is 321 g/mol. The number of benzene rings is 1. The number of carbonyl (C=O) groups is 1. The van der Waals surface area contributed by atoms with Crippen LogP contribution in [0.5, 0.6) is 0 Å². The average Bonchev–Trinajstić information content (AvgIpc) is 2.41. The van der Waals surface area contributed by atoms with Gasteiger partial charge in [0.25, 0.3) is 0 Å². The molecule has 0 amide bonds. The van der Waals surface area contributed by atoms with Crippen LogP contribution >= 0.6 is 11.6 Å². The molecule has 21 heavy (non-hydrogen) atoms. The minimum atomic E-state index is -3.91. The van der Waals surface area contributed by atoms with E-state index in [9.17, 15) is 17.6 Å². The predicted octanol–water partition coefficient (Wildman–Crippen LogP) is 2.55. The van der Waals surface area contributed by atoms with Gasteiger partial charge in [-0.1, -0.05) is 17.7 Å². The number of carboxylic acids is 1. The Morgan fingerprint density at radius 1 is 1.38 bits per heavy atom. The van der Waals surface area contributed by atoms with Crippen LogP contribution in [-0.2, 0) is 15.6 Å². The molecule has 0 unspecified atom stereocenters. The van der Waals surface area contributed by atoms with Crippen LogP contribution in [0.15, 0.2) is 41.6 Å². The molecule has 0 aliphatic heterocycles. The molecule has 0 aliphatic carbocycles. The van der Waals surface area contributed by atoms with Gasteiger partial charge >= 0.3 is 5.97 Å². The van der Waals surface area contributed by atoms with Crippen LogP contribution < -0.4 is 0 Å². The summed E-state index contributed by atoms with van der Waals surface area (Å²) in [5.41, 5.74) is -0.189. The SMILES string of the molecule is O=C(O)c1cc(S(=O)(=O)Cc2cccnc2)cc(F)c1Cl. The summed E-state index contributed by atoms with van der Waals surface area (Å²) in [4.78, 5) is 14.3. The van der Waals surface area contributed by atoms with E-state index in [1.54, 1.807) is 12.1 Å². The Labute approximate surface area is 124 Å². The molecule has 1 aromatic heterocycles. The third-order valence-electron chi connectivity index (χ3n) is 2.67. The quantitative estimate of drug-likeness (QED) is 0.931. The second-order valence-corrected chi connectivity index (χ2v) is 6.56. The number of aromatic carboxylic acids is 1. The van der Waals surface area contributed by atoms with E-state index in [0.717, 1.165) is 6.07 Å². The summed E-state index contributed by atoms with van der Waals surface area (Å²) in [5.74, 6) is -3.01. The van der Waals surface area contributed by atoms with E-state index in [2.05, 4.69) is 4.98 Å². The van der Waals surface area contributed by atoms with Gasteiger partial charge in [0.1, 0.15) is 5.82 Å². The summed E-state index contributed by atoms with van der Waals surface area (Å²) in [6.45, 7) is 0. The van der Waals surface area contributed by atoms with Crippen molar-refractivity contribution < 1.29 is 22.7 Å². The van der Waals surface area contributed by atoms with E-state index in [0.29, 0.717) is 11.6 Å². The van der Waals surface area contributed by atoms with Crippen molar-refractivity contribution in [2.75, 3.05) is 0 Å². The smallest absolute Gasteiger partial charge is 0.337 e. The number of nitrogens with zero attached hydrogens (tertiary/aromatic N) is 1. The Morgan fingerprint density at radius 2 is 2.10 bits per heavy atom. The number of halogens is 2. The fourth-order valence-electron chi connectivity index (χ4n) is 1.69. The van der Waals surface area contributed by atoms with Gasteiger partial charge in [0, 0.05) is 12.4 Å². The number of pyridine rings is 1. The summed E-state index contributed by atoms with van der Waals surface area (Å²) in [6.07, 6.45) is 2.85. The molecule has 0 fully saturated rings. The molecule has 0 bridgehead atoms.